The Morgan fingerprint density at radius 1 is 1.29 bits per heavy atom. The third-order valence-corrected chi connectivity index (χ3v) is 3.65. The lowest BCUT2D eigenvalue weighted by Gasteiger charge is -2.28. The molecule has 0 unspecified atom stereocenters. The number of nitrogens with two attached hydrogens (primary N) is 1. The molecule has 0 radical (unpaired) electrons. The van der Waals surface area contributed by atoms with Crippen LogP contribution >= 0.6 is 0 Å². The first-order valence-corrected chi connectivity index (χ1v) is 7.37. The molecule has 1 aliphatic rings. The minimum absolute atomic E-state index is 0.00850. The van der Waals surface area contributed by atoms with E-state index in [9.17, 15) is 13.2 Å². The summed E-state index contributed by atoms with van der Waals surface area (Å²) in [5.74, 6) is 0.256. The molecule has 0 aliphatic carbocycles. The van der Waals surface area contributed by atoms with Crippen molar-refractivity contribution in [2.24, 2.45) is 0 Å². The SMILES string of the molecule is Nc1ncc2c(n1)CCN(Cc1cccnc1OCC(F)(F)F)C2. The molecule has 0 atom stereocenters. The molecule has 0 amide bonds. The highest BCUT2D eigenvalue weighted by Crippen LogP contribution is 2.24. The van der Waals surface area contributed by atoms with Crippen LogP contribution in [0.15, 0.2) is 24.5 Å². The second-order valence-corrected chi connectivity index (χ2v) is 5.53. The van der Waals surface area contributed by atoms with E-state index in [2.05, 4.69) is 19.9 Å². The fourth-order valence-electron chi connectivity index (χ4n) is 2.59. The van der Waals surface area contributed by atoms with Gasteiger partial charge in [0.2, 0.25) is 11.8 Å². The monoisotopic (exact) mass is 339 g/mol. The number of nitrogens with zero attached hydrogens (tertiary/aromatic N) is 4. The number of halogens is 3. The number of fused-ring (bicyclic) bond motifs is 1. The number of hydrogen-bond acceptors (Lipinski definition) is 6. The average Bonchev–Trinajstić information content (AvgIpc) is 2.53. The molecule has 0 saturated heterocycles. The van der Waals surface area contributed by atoms with Gasteiger partial charge in [0, 0.05) is 49.6 Å². The number of nitrogen functional groups attached to an aromatic ring is 1. The summed E-state index contributed by atoms with van der Waals surface area (Å²) in [6.07, 6.45) is -0.581. The molecule has 3 heterocycles. The smallest absolute Gasteiger partial charge is 0.422 e. The van der Waals surface area contributed by atoms with Gasteiger partial charge in [-0.05, 0) is 6.07 Å². The number of rotatable bonds is 4. The number of pyridine rings is 1. The van der Waals surface area contributed by atoms with Crippen molar-refractivity contribution in [2.45, 2.75) is 25.7 Å². The zero-order chi connectivity index (χ0) is 17.2. The topological polar surface area (TPSA) is 77.2 Å². The van der Waals surface area contributed by atoms with Crippen LogP contribution in [0, 0.1) is 0 Å². The molecular formula is C15H16F3N5O. The molecule has 1 aliphatic heterocycles. The fraction of sp³-hybridized carbons (Fsp3) is 0.400. The van der Waals surface area contributed by atoms with Gasteiger partial charge in [0.15, 0.2) is 6.61 Å². The molecule has 6 nitrogen and oxygen atoms in total. The lowest BCUT2D eigenvalue weighted by Crippen LogP contribution is -2.31. The van der Waals surface area contributed by atoms with Crippen LogP contribution in [0.25, 0.3) is 0 Å². The summed E-state index contributed by atoms with van der Waals surface area (Å²) in [5, 5.41) is 0. The molecule has 2 aromatic rings. The molecule has 0 aromatic carbocycles. The largest absolute Gasteiger partial charge is 0.468 e. The quantitative estimate of drug-likeness (QED) is 0.917. The Balaban J connectivity index is 1.69. The predicted octanol–water partition coefficient (Wildman–Crippen LogP) is 1.95. The first kappa shape index (κ1) is 16.4. The van der Waals surface area contributed by atoms with E-state index in [-0.39, 0.29) is 11.8 Å². The Morgan fingerprint density at radius 2 is 2.12 bits per heavy atom. The van der Waals surface area contributed by atoms with Crippen LogP contribution in [-0.4, -0.2) is 39.2 Å². The highest BCUT2D eigenvalue weighted by Gasteiger charge is 2.29. The summed E-state index contributed by atoms with van der Waals surface area (Å²) >= 11 is 0. The van der Waals surface area contributed by atoms with Gasteiger partial charge in [0.25, 0.3) is 0 Å². The third-order valence-electron chi connectivity index (χ3n) is 3.65. The van der Waals surface area contributed by atoms with Crippen molar-refractivity contribution >= 4 is 5.95 Å². The van der Waals surface area contributed by atoms with E-state index >= 15 is 0 Å². The van der Waals surface area contributed by atoms with Crippen molar-refractivity contribution in [1.82, 2.24) is 19.9 Å². The van der Waals surface area contributed by atoms with Gasteiger partial charge in [0.05, 0.1) is 5.69 Å². The summed E-state index contributed by atoms with van der Waals surface area (Å²) in [6, 6.07) is 3.39. The second-order valence-electron chi connectivity index (χ2n) is 5.53. The summed E-state index contributed by atoms with van der Waals surface area (Å²) in [6.45, 7) is 0.401. The van der Waals surface area contributed by atoms with E-state index in [1.807, 2.05) is 0 Å². The molecule has 24 heavy (non-hydrogen) atoms. The van der Waals surface area contributed by atoms with Crippen LogP contribution in [0.5, 0.6) is 5.88 Å². The molecule has 2 N–H and O–H groups in total. The molecule has 0 bridgehead atoms. The van der Waals surface area contributed by atoms with E-state index in [0.717, 1.165) is 17.8 Å². The van der Waals surface area contributed by atoms with Crippen molar-refractivity contribution in [1.29, 1.82) is 0 Å². The lowest BCUT2D eigenvalue weighted by atomic mass is 10.1. The molecule has 3 rings (SSSR count). The van der Waals surface area contributed by atoms with Gasteiger partial charge in [-0.15, -0.1) is 0 Å². The molecule has 0 spiro atoms. The normalized spacial score (nSPS) is 15.1. The van der Waals surface area contributed by atoms with Crippen molar-refractivity contribution in [3.8, 4) is 5.88 Å². The van der Waals surface area contributed by atoms with E-state index in [4.69, 9.17) is 10.5 Å². The minimum Gasteiger partial charge on any atom is -0.468 e. The standard InChI is InChI=1S/C15H16F3N5O/c16-15(17,18)9-24-13-10(2-1-4-20-13)7-23-5-3-12-11(8-23)6-21-14(19)22-12/h1-2,4,6H,3,5,7-9H2,(H2,19,21,22). The number of anilines is 1. The molecular weight excluding hydrogens is 323 g/mol. The van der Waals surface area contributed by atoms with E-state index in [0.29, 0.717) is 25.1 Å². The molecule has 2 aromatic heterocycles. The maximum Gasteiger partial charge on any atom is 0.422 e. The Morgan fingerprint density at radius 3 is 2.92 bits per heavy atom. The Bertz CT molecular complexity index is 722. The van der Waals surface area contributed by atoms with Crippen molar-refractivity contribution < 1.29 is 17.9 Å². The number of ether oxygens (including phenoxy) is 1. The van der Waals surface area contributed by atoms with Crippen molar-refractivity contribution in [3.63, 3.8) is 0 Å². The zero-order valence-electron chi connectivity index (χ0n) is 12.8. The number of hydrogen-bond donors (Lipinski definition) is 1. The molecule has 0 fully saturated rings. The van der Waals surface area contributed by atoms with Crippen LogP contribution in [0.3, 0.4) is 0 Å². The number of aromatic nitrogens is 3. The molecule has 0 saturated carbocycles. The highest BCUT2D eigenvalue weighted by molar-refractivity contribution is 5.29. The van der Waals surface area contributed by atoms with Gasteiger partial charge < -0.3 is 10.5 Å². The Labute approximate surface area is 136 Å². The van der Waals surface area contributed by atoms with E-state index < -0.39 is 12.8 Å². The molecule has 9 heteroatoms. The summed E-state index contributed by atoms with van der Waals surface area (Å²) in [5.41, 5.74) is 8.07. The number of alkyl halides is 3. The predicted molar refractivity (Wildman–Crippen MR) is 80.0 cm³/mol. The van der Waals surface area contributed by atoms with Crippen molar-refractivity contribution in [3.05, 3.63) is 41.3 Å². The van der Waals surface area contributed by atoms with Crippen LogP contribution in [-0.2, 0) is 19.5 Å². The van der Waals surface area contributed by atoms with Gasteiger partial charge in [-0.1, -0.05) is 6.07 Å². The molecule has 128 valence electrons. The van der Waals surface area contributed by atoms with Gasteiger partial charge in [-0.2, -0.15) is 13.2 Å². The van der Waals surface area contributed by atoms with E-state index in [1.54, 1.807) is 18.3 Å². The van der Waals surface area contributed by atoms with Crippen LogP contribution in [0.2, 0.25) is 0 Å². The van der Waals surface area contributed by atoms with E-state index in [1.165, 1.54) is 6.20 Å². The maximum absolute atomic E-state index is 12.3. The Kier molecular flexibility index (Phi) is 4.52. The van der Waals surface area contributed by atoms with Gasteiger partial charge in [-0.3, -0.25) is 4.90 Å². The van der Waals surface area contributed by atoms with Crippen LogP contribution in [0.1, 0.15) is 16.8 Å². The maximum atomic E-state index is 12.3. The second kappa shape index (κ2) is 6.60. The lowest BCUT2D eigenvalue weighted by molar-refractivity contribution is -0.154. The first-order chi connectivity index (χ1) is 11.4. The van der Waals surface area contributed by atoms with Gasteiger partial charge in [-0.25, -0.2) is 15.0 Å². The average molecular weight is 339 g/mol. The van der Waals surface area contributed by atoms with Crippen molar-refractivity contribution in [2.75, 3.05) is 18.9 Å². The highest BCUT2D eigenvalue weighted by atomic mass is 19.4. The van der Waals surface area contributed by atoms with Gasteiger partial charge >= 0.3 is 6.18 Å². The zero-order valence-corrected chi connectivity index (χ0v) is 12.8. The van der Waals surface area contributed by atoms with Gasteiger partial charge in [0.1, 0.15) is 0 Å². The van der Waals surface area contributed by atoms with Crippen LogP contribution in [0.4, 0.5) is 19.1 Å². The fourth-order valence-corrected chi connectivity index (χ4v) is 2.59. The van der Waals surface area contributed by atoms with Crippen LogP contribution < -0.4 is 10.5 Å². The Hall–Kier alpha value is -2.42. The first-order valence-electron chi connectivity index (χ1n) is 7.37. The third kappa shape index (κ3) is 4.10. The summed E-state index contributed by atoms with van der Waals surface area (Å²) in [4.78, 5) is 14.2. The minimum atomic E-state index is -4.39. The summed E-state index contributed by atoms with van der Waals surface area (Å²) < 4.78 is 41.9. The summed E-state index contributed by atoms with van der Waals surface area (Å²) in [7, 11) is 0.